The summed E-state index contributed by atoms with van der Waals surface area (Å²) in [5.74, 6) is 0.561. The Morgan fingerprint density at radius 2 is 1.77 bits per heavy atom. The van der Waals surface area contributed by atoms with Gasteiger partial charge in [-0.25, -0.2) is 4.79 Å². The van der Waals surface area contributed by atoms with Crippen molar-refractivity contribution in [3.63, 3.8) is 0 Å². The number of anilines is 3. The molecule has 0 radical (unpaired) electrons. The normalized spacial score (nSPS) is 16.4. The van der Waals surface area contributed by atoms with Crippen molar-refractivity contribution < 1.29 is 14.3 Å². The molecule has 7 nitrogen and oxygen atoms in total. The first-order chi connectivity index (χ1) is 12.7. The number of hydrogen-bond donors (Lipinski definition) is 2. The molecule has 0 atom stereocenters. The molecule has 1 fully saturated rings. The first-order valence-electron chi connectivity index (χ1n) is 8.62. The Kier molecular flexibility index (Phi) is 4.35. The van der Waals surface area contributed by atoms with Crippen LogP contribution in [0.25, 0.3) is 0 Å². The lowest BCUT2D eigenvalue weighted by Gasteiger charge is -2.37. The maximum absolute atomic E-state index is 12.4. The molecule has 1 saturated heterocycles. The fourth-order valence-electron chi connectivity index (χ4n) is 3.22. The highest BCUT2D eigenvalue weighted by Crippen LogP contribution is 2.38. The van der Waals surface area contributed by atoms with Crippen LogP contribution in [0.3, 0.4) is 0 Å². The van der Waals surface area contributed by atoms with Gasteiger partial charge in [-0.05, 0) is 24.3 Å². The van der Waals surface area contributed by atoms with Gasteiger partial charge in [0.25, 0.3) is 5.91 Å². The van der Waals surface area contributed by atoms with Crippen LogP contribution in [0.1, 0.15) is 0 Å². The van der Waals surface area contributed by atoms with Crippen molar-refractivity contribution in [2.75, 3.05) is 48.3 Å². The molecule has 7 heteroatoms. The van der Waals surface area contributed by atoms with Gasteiger partial charge in [0.1, 0.15) is 0 Å². The number of rotatable bonds is 2. The summed E-state index contributed by atoms with van der Waals surface area (Å²) in [5, 5.41) is 5.75. The lowest BCUT2D eigenvalue weighted by Crippen LogP contribution is -2.50. The molecule has 2 aliphatic rings. The Balaban J connectivity index is 1.40. The molecule has 2 N–H and O–H groups in total. The number of nitrogens with one attached hydrogen (secondary N) is 2. The predicted octanol–water partition coefficient (Wildman–Crippen LogP) is 2.37. The van der Waals surface area contributed by atoms with Gasteiger partial charge >= 0.3 is 6.03 Å². The number of piperazine rings is 1. The lowest BCUT2D eigenvalue weighted by molar-refractivity contribution is -0.118. The molecule has 2 heterocycles. The van der Waals surface area contributed by atoms with E-state index < -0.39 is 0 Å². The minimum Gasteiger partial charge on any atom is -0.479 e. The van der Waals surface area contributed by atoms with Gasteiger partial charge in [-0.2, -0.15) is 0 Å². The predicted molar refractivity (Wildman–Crippen MR) is 99.8 cm³/mol. The second-order valence-corrected chi connectivity index (χ2v) is 6.26. The largest absolute Gasteiger partial charge is 0.479 e. The van der Waals surface area contributed by atoms with Crippen LogP contribution in [-0.4, -0.2) is 49.6 Å². The number of ether oxygens (including phenoxy) is 1. The molecule has 3 amide bonds. The van der Waals surface area contributed by atoms with E-state index in [9.17, 15) is 9.59 Å². The maximum Gasteiger partial charge on any atom is 0.321 e. The molecule has 0 saturated carbocycles. The molecule has 0 aromatic heterocycles. The van der Waals surface area contributed by atoms with E-state index >= 15 is 0 Å². The first kappa shape index (κ1) is 16.3. The number of hydrogen-bond acceptors (Lipinski definition) is 4. The van der Waals surface area contributed by atoms with E-state index in [0.29, 0.717) is 37.6 Å². The first-order valence-corrected chi connectivity index (χ1v) is 8.62. The summed E-state index contributed by atoms with van der Waals surface area (Å²) < 4.78 is 5.63. The topological polar surface area (TPSA) is 73.9 Å². The standard InChI is InChI=1S/C19H20N4O3/c24-17-13-26-18-15(21-17)7-4-8-16(18)22-9-11-23(12-10-22)19(25)20-14-5-2-1-3-6-14/h1-8H,9-13H2,(H,20,25)(H,21,24). The van der Waals surface area contributed by atoms with Gasteiger partial charge in [0, 0.05) is 31.9 Å². The molecular formula is C19H20N4O3. The molecular weight excluding hydrogens is 332 g/mol. The van der Waals surface area contributed by atoms with Crippen LogP contribution in [0.15, 0.2) is 48.5 Å². The van der Waals surface area contributed by atoms with Gasteiger partial charge < -0.3 is 25.2 Å². The molecule has 2 aromatic carbocycles. The fraction of sp³-hybridized carbons (Fsp3) is 0.263. The fourth-order valence-corrected chi connectivity index (χ4v) is 3.22. The summed E-state index contributed by atoms with van der Waals surface area (Å²) in [4.78, 5) is 27.9. The molecule has 2 aromatic rings. The quantitative estimate of drug-likeness (QED) is 0.870. The summed E-state index contributed by atoms with van der Waals surface area (Å²) in [6.07, 6.45) is 0. The number of benzene rings is 2. The van der Waals surface area contributed by atoms with E-state index in [-0.39, 0.29) is 18.5 Å². The number of amides is 3. The summed E-state index contributed by atoms with van der Waals surface area (Å²) in [7, 11) is 0. The number of nitrogens with zero attached hydrogens (tertiary/aromatic N) is 2. The summed E-state index contributed by atoms with van der Waals surface area (Å²) in [5.41, 5.74) is 2.44. The summed E-state index contributed by atoms with van der Waals surface area (Å²) in [6, 6.07) is 15.1. The highest BCUT2D eigenvalue weighted by atomic mass is 16.5. The van der Waals surface area contributed by atoms with Crippen molar-refractivity contribution >= 4 is 29.0 Å². The van der Waals surface area contributed by atoms with Crippen LogP contribution >= 0.6 is 0 Å². The number of fused-ring (bicyclic) bond motifs is 1. The van der Waals surface area contributed by atoms with E-state index in [1.54, 1.807) is 0 Å². The number of para-hydroxylation sites is 2. The minimum atomic E-state index is -0.142. The minimum absolute atomic E-state index is 0.0312. The Labute approximate surface area is 151 Å². The summed E-state index contributed by atoms with van der Waals surface area (Å²) >= 11 is 0. The third kappa shape index (κ3) is 3.28. The van der Waals surface area contributed by atoms with Gasteiger partial charge in [0.05, 0.1) is 11.4 Å². The Morgan fingerprint density at radius 1 is 1.00 bits per heavy atom. The second-order valence-electron chi connectivity index (χ2n) is 6.26. The zero-order valence-electron chi connectivity index (χ0n) is 14.3. The van der Waals surface area contributed by atoms with E-state index in [0.717, 1.165) is 11.4 Å². The SMILES string of the molecule is O=C1COc2c(cccc2N2CCN(C(=O)Nc3ccccc3)CC2)N1. The van der Waals surface area contributed by atoms with Gasteiger partial charge in [-0.3, -0.25) is 4.79 Å². The van der Waals surface area contributed by atoms with E-state index in [2.05, 4.69) is 15.5 Å². The lowest BCUT2D eigenvalue weighted by atomic mass is 10.2. The molecule has 4 rings (SSSR count). The van der Waals surface area contributed by atoms with Crippen molar-refractivity contribution in [2.45, 2.75) is 0 Å². The van der Waals surface area contributed by atoms with Crippen molar-refractivity contribution in [1.82, 2.24) is 4.90 Å². The van der Waals surface area contributed by atoms with Gasteiger partial charge in [-0.1, -0.05) is 24.3 Å². The summed E-state index contributed by atoms with van der Waals surface area (Å²) in [6.45, 7) is 2.68. The van der Waals surface area contributed by atoms with Crippen LogP contribution in [0.2, 0.25) is 0 Å². The van der Waals surface area contributed by atoms with E-state index in [1.165, 1.54) is 0 Å². The van der Waals surface area contributed by atoms with Crippen molar-refractivity contribution in [3.8, 4) is 5.75 Å². The highest BCUT2D eigenvalue weighted by molar-refractivity contribution is 5.97. The molecule has 0 bridgehead atoms. The molecule has 134 valence electrons. The Bertz CT molecular complexity index is 817. The third-order valence-corrected chi connectivity index (χ3v) is 4.55. The number of carbonyl (C=O) groups excluding carboxylic acids is 2. The monoisotopic (exact) mass is 352 g/mol. The van der Waals surface area contributed by atoms with Crippen molar-refractivity contribution in [2.24, 2.45) is 0 Å². The van der Waals surface area contributed by atoms with Crippen LogP contribution < -0.4 is 20.3 Å². The smallest absolute Gasteiger partial charge is 0.321 e. The highest BCUT2D eigenvalue weighted by Gasteiger charge is 2.26. The van der Waals surface area contributed by atoms with Crippen molar-refractivity contribution in [1.29, 1.82) is 0 Å². The van der Waals surface area contributed by atoms with Gasteiger partial charge in [0.15, 0.2) is 12.4 Å². The molecule has 2 aliphatic heterocycles. The van der Waals surface area contributed by atoms with Crippen LogP contribution in [0.5, 0.6) is 5.75 Å². The van der Waals surface area contributed by atoms with E-state index in [4.69, 9.17) is 4.74 Å². The molecule has 0 spiro atoms. The van der Waals surface area contributed by atoms with Gasteiger partial charge in [-0.15, -0.1) is 0 Å². The van der Waals surface area contributed by atoms with Crippen LogP contribution in [0.4, 0.5) is 21.9 Å². The van der Waals surface area contributed by atoms with Gasteiger partial charge in [0.2, 0.25) is 0 Å². The number of urea groups is 1. The average molecular weight is 352 g/mol. The maximum atomic E-state index is 12.4. The third-order valence-electron chi connectivity index (χ3n) is 4.55. The zero-order valence-corrected chi connectivity index (χ0v) is 14.3. The molecule has 0 unspecified atom stereocenters. The average Bonchev–Trinajstić information content (AvgIpc) is 2.68. The van der Waals surface area contributed by atoms with E-state index in [1.807, 2.05) is 53.4 Å². The zero-order chi connectivity index (χ0) is 17.9. The Morgan fingerprint density at radius 3 is 2.54 bits per heavy atom. The molecule has 0 aliphatic carbocycles. The van der Waals surface area contributed by atoms with Crippen molar-refractivity contribution in [3.05, 3.63) is 48.5 Å². The molecule has 26 heavy (non-hydrogen) atoms. The second kappa shape index (κ2) is 6.95. The number of carbonyl (C=O) groups is 2. The Hall–Kier alpha value is -3.22. The van der Waals surface area contributed by atoms with Crippen LogP contribution in [-0.2, 0) is 4.79 Å². The van der Waals surface area contributed by atoms with Crippen LogP contribution in [0, 0.1) is 0 Å².